The lowest BCUT2D eigenvalue weighted by atomic mass is 10.0. The Balaban J connectivity index is 2.68. The molecule has 0 unspecified atom stereocenters. The van der Waals surface area contributed by atoms with E-state index in [-0.39, 0.29) is 5.25 Å². The zero-order valence-electron chi connectivity index (χ0n) is 5.18. The first-order valence-electron chi connectivity index (χ1n) is 2.92. The van der Waals surface area contributed by atoms with Crippen molar-refractivity contribution in [2.24, 2.45) is 0 Å². The Kier molecular flexibility index (Phi) is 1.94. The van der Waals surface area contributed by atoms with E-state index in [9.17, 15) is 17.2 Å². The minimum atomic E-state index is -4.16. The molecule has 0 atom stereocenters. The Hall–Kier alpha value is -0.190. The Morgan fingerprint density at radius 3 is 1.90 bits per heavy atom. The monoisotopic (exact) mass is 169 g/mol. The highest BCUT2D eigenvalue weighted by Crippen LogP contribution is 2.36. The molecule has 0 aliphatic heterocycles. The van der Waals surface area contributed by atoms with Crippen molar-refractivity contribution >= 4 is 9.84 Å². The molecular weight excluding hydrogens is 162 g/mol. The van der Waals surface area contributed by atoms with Crippen LogP contribution >= 0.6 is 0 Å². The highest BCUT2D eigenvalue weighted by atomic mass is 32.2. The van der Waals surface area contributed by atoms with Crippen molar-refractivity contribution in [3.8, 4) is 0 Å². The topological polar surface area (TPSA) is 34.1 Å². The summed E-state index contributed by atoms with van der Waals surface area (Å²) in [5.74, 6) is -3.22. The number of hydrogen-bond donors (Lipinski definition) is 0. The van der Waals surface area contributed by atoms with Crippen LogP contribution in [-0.4, -0.2) is 14.2 Å². The van der Waals surface area contributed by atoms with Crippen LogP contribution in [0.1, 0.15) is 19.3 Å². The lowest BCUT2D eigenvalue weighted by Crippen LogP contribution is -2.25. The quantitative estimate of drug-likeness (QED) is 0.625. The van der Waals surface area contributed by atoms with Crippen molar-refractivity contribution in [2.45, 2.75) is 25.0 Å². The summed E-state index contributed by atoms with van der Waals surface area (Å²) in [4.78, 5) is 0. The largest absolute Gasteiger partial charge is 0.337 e. The first-order valence-corrected chi connectivity index (χ1v) is 4.46. The van der Waals surface area contributed by atoms with Gasteiger partial charge in [0.15, 0.2) is 0 Å². The van der Waals surface area contributed by atoms with Crippen molar-refractivity contribution in [3.63, 3.8) is 0 Å². The van der Waals surface area contributed by atoms with Gasteiger partial charge in [-0.15, -0.1) is 0 Å². The highest BCUT2D eigenvalue weighted by molar-refractivity contribution is 7.94. The second-order valence-corrected chi connectivity index (χ2v) is 4.22. The summed E-state index contributed by atoms with van der Waals surface area (Å²) in [6.07, 6.45) is 1.38. The van der Waals surface area contributed by atoms with Gasteiger partial charge in [-0.2, -0.15) is 8.78 Å². The van der Waals surface area contributed by atoms with Crippen molar-refractivity contribution in [2.75, 3.05) is 0 Å². The van der Waals surface area contributed by atoms with Crippen LogP contribution in [0.2, 0.25) is 0 Å². The van der Waals surface area contributed by atoms with E-state index in [2.05, 4.69) is 0 Å². The third kappa shape index (κ3) is 1.14. The highest BCUT2D eigenvalue weighted by Gasteiger charge is 2.38. The predicted octanol–water partition coefficient (Wildman–Crippen LogP) is 1.34. The van der Waals surface area contributed by atoms with E-state index in [0.717, 1.165) is 6.42 Å². The molecule has 0 aromatic carbocycles. The molecule has 59 valence electrons. The van der Waals surface area contributed by atoms with Crippen LogP contribution in [0.15, 0.2) is 0 Å². The molecule has 10 heavy (non-hydrogen) atoms. The van der Waals surface area contributed by atoms with Gasteiger partial charge in [0.1, 0.15) is 0 Å². The van der Waals surface area contributed by atoms with E-state index >= 15 is 0 Å². The molecule has 1 aliphatic rings. The first kappa shape index (κ1) is 7.91. The normalized spacial score (nSPS) is 21.1. The molecule has 0 aromatic rings. The molecule has 0 spiro atoms. The third-order valence-electron chi connectivity index (χ3n) is 1.55. The van der Waals surface area contributed by atoms with E-state index in [4.69, 9.17) is 0 Å². The maximum Gasteiger partial charge on any atom is 0.337 e. The van der Waals surface area contributed by atoms with Crippen molar-refractivity contribution < 1.29 is 17.2 Å². The second-order valence-electron chi connectivity index (χ2n) is 2.20. The molecule has 0 heterocycles. The molecule has 1 fully saturated rings. The lowest BCUT2D eigenvalue weighted by Gasteiger charge is -2.23. The Morgan fingerprint density at radius 2 is 1.80 bits per heavy atom. The van der Waals surface area contributed by atoms with Gasteiger partial charge >= 0.3 is 5.76 Å². The van der Waals surface area contributed by atoms with Crippen LogP contribution in [0.3, 0.4) is 0 Å². The van der Waals surface area contributed by atoms with Gasteiger partial charge in [-0.1, -0.05) is 6.42 Å². The van der Waals surface area contributed by atoms with Crippen molar-refractivity contribution in [1.29, 1.82) is 0 Å². The summed E-state index contributed by atoms with van der Waals surface area (Å²) in [5.41, 5.74) is 0. The maximum atomic E-state index is 11.7. The standard InChI is InChI=1S/C5H7F2O2S/c6-5(7)10(8,9)4-2-1-3-4/h5H,1-3H2. The van der Waals surface area contributed by atoms with E-state index in [0.29, 0.717) is 12.8 Å². The average Bonchev–Trinajstić information content (AvgIpc) is 1.57. The van der Waals surface area contributed by atoms with Gasteiger partial charge in [-0.05, 0) is 12.8 Å². The van der Waals surface area contributed by atoms with Crippen LogP contribution < -0.4 is 0 Å². The Bertz CT molecular complexity index is 206. The second kappa shape index (κ2) is 2.45. The van der Waals surface area contributed by atoms with Gasteiger partial charge < -0.3 is 0 Å². The maximum absolute atomic E-state index is 11.7. The molecule has 1 saturated carbocycles. The van der Waals surface area contributed by atoms with Crippen molar-refractivity contribution in [1.82, 2.24) is 0 Å². The molecule has 0 amide bonds. The fourth-order valence-corrected chi connectivity index (χ4v) is 1.84. The summed E-state index contributed by atoms with van der Waals surface area (Å²) in [5, 5.41) is 0.0162. The van der Waals surface area contributed by atoms with Crippen LogP contribution in [0, 0.1) is 5.25 Å². The summed E-state index contributed by atoms with van der Waals surface area (Å²) >= 11 is 0. The Labute approximate surface area is 58.1 Å². The zero-order chi connectivity index (χ0) is 7.78. The molecule has 0 bridgehead atoms. The fourth-order valence-electron chi connectivity index (χ4n) is 0.732. The van der Waals surface area contributed by atoms with E-state index < -0.39 is 15.6 Å². The first-order chi connectivity index (χ1) is 4.55. The van der Waals surface area contributed by atoms with Crippen LogP contribution in [0.5, 0.6) is 0 Å². The van der Waals surface area contributed by atoms with Crippen LogP contribution in [0.25, 0.3) is 0 Å². The molecule has 1 rings (SSSR count). The zero-order valence-corrected chi connectivity index (χ0v) is 6.00. The minimum absolute atomic E-state index is 0.0162. The summed E-state index contributed by atoms with van der Waals surface area (Å²) < 4.78 is 44.4. The van der Waals surface area contributed by atoms with Gasteiger partial charge in [0, 0.05) is 0 Å². The van der Waals surface area contributed by atoms with Gasteiger partial charge in [-0.3, -0.25) is 0 Å². The predicted molar refractivity (Wildman–Crippen MR) is 32.0 cm³/mol. The minimum Gasteiger partial charge on any atom is -0.222 e. The van der Waals surface area contributed by atoms with Gasteiger partial charge in [0.2, 0.25) is 9.84 Å². The van der Waals surface area contributed by atoms with E-state index in [1.807, 2.05) is 0 Å². The van der Waals surface area contributed by atoms with Crippen LogP contribution in [0.4, 0.5) is 8.78 Å². The van der Waals surface area contributed by atoms with E-state index in [1.165, 1.54) is 0 Å². The molecule has 0 aromatic heterocycles. The molecule has 1 aliphatic carbocycles. The van der Waals surface area contributed by atoms with Crippen LogP contribution in [-0.2, 0) is 9.84 Å². The third-order valence-corrected chi connectivity index (χ3v) is 3.23. The number of alkyl halides is 2. The van der Waals surface area contributed by atoms with Gasteiger partial charge in [-0.25, -0.2) is 8.42 Å². The average molecular weight is 169 g/mol. The Morgan fingerprint density at radius 1 is 1.30 bits per heavy atom. The number of hydrogen-bond acceptors (Lipinski definition) is 2. The number of sulfone groups is 1. The molecule has 0 saturated heterocycles. The smallest absolute Gasteiger partial charge is 0.222 e. The molecule has 1 radical (unpaired) electrons. The van der Waals surface area contributed by atoms with Gasteiger partial charge in [0.25, 0.3) is 0 Å². The van der Waals surface area contributed by atoms with Crippen molar-refractivity contribution in [3.05, 3.63) is 5.25 Å². The fraction of sp³-hybridized carbons (Fsp3) is 0.800. The SMILES string of the molecule is O=S(=O)([C]1CCC1)C(F)F. The molecule has 5 heteroatoms. The summed E-state index contributed by atoms with van der Waals surface area (Å²) in [6.45, 7) is 0. The summed E-state index contributed by atoms with van der Waals surface area (Å²) in [7, 11) is -4.16. The molecule has 2 nitrogen and oxygen atoms in total. The van der Waals surface area contributed by atoms with E-state index in [1.54, 1.807) is 0 Å². The number of halogens is 2. The molecular formula is C5H7F2O2S. The number of rotatable bonds is 2. The van der Waals surface area contributed by atoms with Gasteiger partial charge in [0.05, 0.1) is 5.25 Å². The molecule has 0 N–H and O–H groups in total. The lowest BCUT2D eigenvalue weighted by molar-refractivity contribution is 0.233. The summed E-state index contributed by atoms with van der Waals surface area (Å²) in [6, 6.07) is 0.